The number of nitrogens with two attached hydrogens (primary N) is 1. The number of nitrogens with zero attached hydrogens (tertiary/aromatic N) is 2. The topological polar surface area (TPSA) is 155 Å². The summed E-state index contributed by atoms with van der Waals surface area (Å²) in [7, 11) is 0. The van der Waals surface area contributed by atoms with Gasteiger partial charge < -0.3 is 20.7 Å². The molecule has 188 valence electrons. The van der Waals surface area contributed by atoms with Crippen molar-refractivity contribution in [3.8, 4) is 0 Å². The molecule has 11 heteroatoms. The molecule has 1 aliphatic heterocycles. The number of unbranched alkanes of at least 4 members (excludes halogenated alkanes) is 1. The minimum Gasteiger partial charge on any atom is -0.480 e. The second-order valence-electron chi connectivity index (χ2n) is 9.07. The van der Waals surface area contributed by atoms with Gasteiger partial charge in [0.1, 0.15) is 11.1 Å². The molecular weight excluding hydrogens is 460 g/mol. The van der Waals surface area contributed by atoms with E-state index in [-0.39, 0.29) is 6.42 Å². The van der Waals surface area contributed by atoms with Crippen molar-refractivity contribution >= 4 is 34.8 Å². The van der Waals surface area contributed by atoms with Crippen LogP contribution in [-0.2, 0) is 20.7 Å². The van der Waals surface area contributed by atoms with Crippen molar-refractivity contribution in [2.24, 2.45) is 16.3 Å². The number of aryl methyl sites for hydroxylation is 1. The van der Waals surface area contributed by atoms with Crippen LogP contribution in [-0.4, -0.2) is 62.5 Å². The van der Waals surface area contributed by atoms with E-state index in [1.165, 1.54) is 0 Å². The Labute approximate surface area is 203 Å². The first kappa shape index (κ1) is 27.6. The maximum absolute atomic E-state index is 13.5. The fraction of sp³-hybridized carbons (Fsp3) is 0.565. The highest BCUT2D eigenvalue weighted by atomic mass is 32.2. The van der Waals surface area contributed by atoms with Crippen LogP contribution in [0.4, 0.5) is 4.79 Å². The zero-order valence-corrected chi connectivity index (χ0v) is 20.6. The molecule has 1 aromatic rings. The number of carbonyl (C=O) groups is 3. The first-order chi connectivity index (χ1) is 16.0. The fourth-order valence-electron chi connectivity index (χ4n) is 3.36. The van der Waals surface area contributed by atoms with E-state index in [1.807, 2.05) is 51.1 Å². The van der Waals surface area contributed by atoms with Crippen molar-refractivity contribution in [3.63, 3.8) is 0 Å². The predicted molar refractivity (Wildman–Crippen MR) is 130 cm³/mol. The van der Waals surface area contributed by atoms with Crippen molar-refractivity contribution in [3.05, 3.63) is 35.9 Å². The number of hydrazone groups is 1. The van der Waals surface area contributed by atoms with Gasteiger partial charge in [-0.1, -0.05) is 57.5 Å². The molecule has 2 rings (SSSR count). The van der Waals surface area contributed by atoms with Gasteiger partial charge in [0, 0.05) is 5.41 Å². The van der Waals surface area contributed by atoms with Gasteiger partial charge >= 0.3 is 12.1 Å². The Morgan fingerprint density at radius 1 is 1.15 bits per heavy atom. The number of ether oxygens (including phenoxy) is 1. The highest BCUT2D eigenvalue weighted by Crippen LogP contribution is 2.36. The summed E-state index contributed by atoms with van der Waals surface area (Å²) < 4.78 is 4.91. The second-order valence-corrected chi connectivity index (χ2v) is 10.1. The number of amides is 1. The molecule has 34 heavy (non-hydrogen) atoms. The zero-order chi connectivity index (χ0) is 25.3. The van der Waals surface area contributed by atoms with E-state index < -0.39 is 41.1 Å². The van der Waals surface area contributed by atoms with Crippen LogP contribution >= 0.6 is 11.8 Å². The van der Waals surface area contributed by atoms with Crippen LogP contribution in [0.3, 0.4) is 0 Å². The molecular formula is C23H34N4O6S. The number of aliphatic carboxylic acids is 1. The molecule has 1 amide bonds. The average Bonchev–Trinajstić information content (AvgIpc) is 3.19. The number of thioether (sulfide) groups is 1. The van der Waals surface area contributed by atoms with E-state index in [2.05, 4.69) is 10.4 Å². The first-order valence-electron chi connectivity index (χ1n) is 11.2. The number of carboxylic acids is 1. The zero-order valence-electron chi connectivity index (χ0n) is 19.8. The number of nitrogens with one attached hydrogen (secondary N) is 1. The molecule has 0 unspecified atom stereocenters. The number of benzene rings is 1. The molecule has 10 nitrogen and oxygen atoms in total. The highest BCUT2D eigenvalue weighted by molar-refractivity contribution is 8.14. The van der Waals surface area contributed by atoms with Crippen molar-refractivity contribution in [2.75, 3.05) is 6.54 Å². The summed E-state index contributed by atoms with van der Waals surface area (Å²) in [5.74, 6) is -1.61. The number of carboxylic acid groups (broad SMARTS) is 2. The number of hydrogen-bond donors (Lipinski definition) is 4. The minimum atomic E-state index is -1.53. The number of rotatable bonds is 12. The van der Waals surface area contributed by atoms with Crippen LogP contribution in [0.2, 0.25) is 0 Å². The summed E-state index contributed by atoms with van der Waals surface area (Å²) in [6.45, 7) is 6.12. The van der Waals surface area contributed by atoms with Crippen LogP contribution in [0.25, 0.3) is 0 Å². The Balaban J connectivity index is 2.23. The SMILES string of the molecule is CC(C)(C)C1=NN(C(=O)[C@H](CCCCN)N[C@@H](CCc2ccccc2)C(=O)O)[C@@H](OC(=O)O)S1. The Hall–Kier alpha value is -2.63. The van der Waals surface area contributed by atoms with Gasteiger partial charge in [-0.05, 0) is 49.6 Å². The quantitative estimate of drug-likeness (QED) is 0.253. The molecule has 0 saturated carbocycles. The van der Waals surface area contributed by atoms with Gasteiger partial charge in [0.15, 0.2) is 0 Å². The molecule has 0 spiro atoms. The standard InChI is InChI=1S/C23H34N4O6S/c1-23(2,3)20-26-27(21(34-20)33-22(31)32)18(28)16(11-7-8-14-24)25-17(19(29)30)13-12-15-9-5-4-6-10-15/h4-6,9-10,16-17,21,25H,7-8,11-14,24H2,1-3H3,(H,29,30)(H,31,32)/t16-,17-,21-/m0/s1. The Morgan fingerprint density at radius 2 is 1.82 bits per heavy atom. The van der Waals surface area contributed by atoms with E-state index in [0.29, 0.717) is 37.3 Å². The smallest absolute Gasteiger partial charge is 0.480 e. The first-order valence-corrected chi connectivity index (χ1v) is 12.1. The third kappa shape index (κ3) is 8.30. The molecule has 5 N–H and O–H groups in total. The molecule has 1 heterocycles. The monoisotopic (exact) mass is 494 g/mol. The third-order valence-corrected chi connectivity index (χ3v) is 6.60. The maximum atomic E-state index is 13.5. The summed E-state index contributed by atoms with van der Waals surface area (Å²) in [4.78, 5) is 36.7. The summed E-state index contributed by atoms with van der Waals surface area (Å²) >= 11 is 1.05. The number of carbonyl (C=O) groups excluding carboxylic acids is 1. The van der Waals surface area contributed by atoms with Crippen molar-refractivity contribution in [2.45, 2.75) is 70.5 Å². The van der Waals surface area contributed by atoms with Gasteiger partial charge in [-0.25, -0.2) is 4.79 Å². The lowest BCUT2D eigenvalue weighted by molar-refractivity contribution is -0.142. The number of hydrogen-bond acceptors (Lipinski definition) is 8. The summed E-state index contributed by atoms with van der Waals surface area (Å²) in [6.07, 6.45) is 0.845. The Kier molecular flexibility index (Phi) is 10.3. The summed E-state index contributed by atoms with van der Waals surface area (Å²) in [5.41, 5.74) is 4.99. The molecule has 0 radical (unpaired) electrons. The summed E-state index contributed by atoms with van der Waals surface area (Å²) in [5, 5.41) is 27.8. The lowest BCUT2D eigenvalue weighted by Crippen LogP contribution is -2.52. The lowest BCUT2D eigenvalue weighted by Gasteiger charge is -2.27. The Bertz CT molecular complexity index is 874. The second kappa shape index (κ2) is 12.7. The highest BCUT2D eigenvalue weighted by Gasteiger charge is 2.42. The van der Waals surface area contributed by atoms with Gasteiger partial charge in [-0.2, -0.15) is 10.1 Å². The van der Waals surface area contributed by atoms with Gasteiger partial charge in [0.05, 0.1) is 6.04 Å². The molecule has 0 aromatic heterocycles. The summed E-state index contributed by atoms with van der Waals surface area (Å²) in [6, 6.07) is 7.62. The molecule has 1 aromatic carbocycles. The van der Waals surface area contributed by atoms with Crippen molar-refractivity contribution < 1.29 is 29.3 Å². The van der Waals surface area contributed by atoms with Crippen LogP contribution in [0.1, 0.15) is 52.0 Å². The van der Waals surface area contributed by atoms with E-state index in [0.717, 1.165) is 22.3 Å². The molecule has 0 saturated heterocycles. The van der Waals surface area contributed by atoms with E-state index in [9.17, 15) is 19.5 Å². The molecule has 1 aliphatic rings. The Morgan fingerprint density at radius 3 is 2.38 bits per heavy atom. The molecule has 0 aliphatic carbocycles. The van der Waals surface area contributed by atoms with E-state index >= 15 is 0 Å². The van der Waals surface area contributed by atoms with E-state index in [4.69, 9.17) is 15.6 Å². The largest absolute Gasteiger partial charge is 0.508 e. The third-order valence-electron chi connectivity index (χ3n) is 5.19. The molecule has 3 atom stereocenters. The lowest BCUT2D eigenvalue weighted by atomic mass is 9.99. The van der Waals surface area contributed by atoms with Crippen LogP contribution < -0.4 is 11.1 Å². The van der Waals surface area contributed by atoms with Gasteiger partial charge in [0.2, 0.25) is 0 Å². The molecule has 0 bridgehead atoms. The van der Waals surface area contributed by atoms with Crippen LogP contribution in [0.5, 0.6) is 0 Å². The van der Waals surface area contributed by atoms with Crippen LogP contribution in [0.15, 0.2) is 35.4 Å². The van der Waals surface area contributed by atoms with E-state index in [1.54, 1.807) is 0 Å². The van der Waals surface area contributed by atoms with Crippen molar-refractivity contribution in [1.29, 1.82) is 0 Å². The predicted octanol–water partition coefficient (Wildman–Crippen LogP) is 3.07. The minimum absolute atomic E-state index is 0.278. The van der Waals surface area contributed by atoms with Gasteiger partial charge in [-0.15, -0.1) is 0 Å². The van der Waals surface area contributed by atoms with Crippen molar-refractivity contribution in [1.82, 2.24) is 10.3 Å². The fourth-order valence-corrected chi connectivity index (χ4v) is 4.42. The van der Waals surface area contributed by atoms with Gasteiger partial charge in [0.25, 0.3) is 11.5 Å². The normalized spacial score (nSPS) is 17.7. The average molecular weight is 495 g/mol. The molecule has 0 fully saturated rings. The van der Waals surface area contributed by atoms with Crippen LogP contribution in [0, 0.1) is 5.41 Å². The maximum Gasteiger partial charge on any atom is 0.508 e. The van der Waals surface area contributed by atoms with Gasteiger partial charge in [-0.3, -0.25) is 14.9 Å².